The molecule has 1 fully saturated rings. The first kappa shape index (κ1) is 17.2. The van der Waals surface area contributed by atoms with E-state index in [9.17, 15) is 5.11 Å². The second-order valence-electron chi connectivity index (χ2n) is 6.92. The molecule has 0 spiro atoms. The zero-order chi connectivity index (χ0) is 16.9. The molecule has 5 heteroatoms. The van der Waals surface area contributed by atoms with Crippen molar-refractivity contribution in [3.8, 4) is 0 Å². The van der Waals surface area contributed by atoms with Gasteiger partial charge in [0.05, 0.1) is 31.4 Å². The van der Waals surface area contributed by atoms with Gasteiger partial charge in [-0.3, -0.25) is 9.58 Å². The van der Waals surface area contributed by atoms with Crippen LogP contribution in [-0.2, 0) is 19.6 Å². The van der Waals surface area contributed by atoms with Gasteiger partial charge in [0.1, 0.15) is 0 Å². The Kier molecular flexibility index (Phi) is 5.74. The first-order valence-electron chi connectivity index (χ1n) is 9.08. The molecule has 2 aromatic rings. The Labute approximate surface area is 144 Å². The predicted octanol–water partition coefficient (Wildman–Crippen LogP) is 3.42. The largest absolute Gasteiger partial charge is 0.472 e. The molecule has 2 heterocycles. The molecule has 0 saturated heterocycles. The highest BCUT2D eigenvalue weighted by molar-refractivity contribution is 5.25. The Hall–Kier alpha value is -1.59. The monoisotopic (exact) mass is 331 g/mol. The second kappa shape index (κ2) is 7.99. The predicted molar refractivity (Wildman–Crippen MR) is 93.6 cm³/mol. The maximum atomic E-state index is 9.22. The summed E-state index contributed by atoms with van der Waals surface area (Å²) in [4.78, 5) is 2.59. The van der Waals surface area contributed by atoms with E-state index in [1.54, 1.807) is 6.26 Å². The molecule has 132 valence electrons. The summed E-state index contributed by atoms with van der Waals surface area (Å²) >= 11 is 0. The van der Waals surface area contributed by atoms with Crippen LogP contribution < -0.4 is 0 Å². The van der Waals surface area contributed by atoms with Gasteiger partial charge in [-0.1, -0.05) is 19.3 Å². The fraction of sp³-hybridized carbons (Fsp3) is 0.632. The molecule has 5 nitrogen and oxygen atoms in total. The summed E-state index contributed by atoms with van der Waals surface area (Å²) in [5.74, 6) is 0. The van der Waals surface area contributed by atoms with Crippen LogP contribution in [0, 0.1) is 13.8 Å². The van der Waals surface area contributed by atoms with E-state index in [1.807, 2.05) is 10.9 Å². The molecule has 0 aliphatic heterocycles. The average molecular weight is 331 g/mol. The third-order valence-electron chi connectivity index (χ3n) is 5.26. The molecular weight excluding hydrogens is 302 g/mol. The number of nitrogens with zero attached hydrogens (tertiary/aromatic N) is 3. The summed E-state index contributed by atoms with van der Waals surface area (Å²) in [6.45, 7) is 6.72. The number of aryl methyl sites for hydroxylation is 1. The van der Waals surface area contributed by atoms with Crippen molar-refractivity contribution in [3.05, 3.63) is 41.1 Å². The van der Waals surface area contributed by atoms with Gasteiger partial charge in [-0.05, 0) is 32.8 Å². The first-order chi connectivity index (χ1) is 11.7. The second-order valence-corrected chi connectivity index (χ2v) is 6.92. The number of rotatable bonds is 7. The fourth-order valence-electron chi connectivity index (χ4n) is 3.86. The van der Waals surface area contributed by atoms with Crippen LogP contribution in [0.25, 0.3) is 0 Å². The summed E-state index contributed by atoms with van der Waals surface area (Å²) in [6, 6.07) is 2.69. The number of furan rings is 1. The minimum atomic E-state index is 0.128. The summed E-state index contributed by atoms with van der Waals surface area (Å²) in [7, 11) is 0. The highest BCUT2D eigenvalue weighted by atomic mass is 16.3. The summed E-state index contributed by atoms with van der Waals surface area (Å²) in [5, 5.41) is 13.8. The Morgan fingerprint density at radius 2 is 2.04 bits per heavy atom. The number of hydrogen-bond donors (Lipinski definition) is 1. The summed E-state index contributed by atoms with van der Waals surface area (Å²) in [5.41, 5.74) is 4.79. The molecule has 0 unspecified atom stereocenters. The minimum absolute atomic E-state index is 0.128. The summed E-state index contributed by atoms with van der Waals surface area (Å²) in [6.07, 6.45) is 10.2. The molecular formula is C19H29N3O2. The number of aliphatic hydroxyl groups excluding tert-OH is 1. The van der Waals surface area contributed by atoms with Crippen LogP contribution >= 0.6 is 0 Å². The third-order valence-corrected chi connectivity index (χ3v) is 5.26. The lowest BCUT2D eigenvalue weighted by Gasteiger charge is -2.34. The van der Waals surface area contributed by atoms with E-state index in [2.05, 4.69) is 29.9 Å². The normalized spacial score (nSPS) is 16.2. The Morgan fingerprint density at radius 1 is 1.25 bits per heavy atom. The SMILES string of the molecule is Cc1nn(CCO)c(C)c1CN(Cc1ccoc1)C1CCCCC1. The van der Waals surface area contributed by atoms with Crippen molar-refractivity contribution in [2.24, 2.45) is 0 Å². The summed E-state index contributed by atoms with van der Waals surface area (Å²) < 4.78 is 7.20. The zero-order valence-corrected chi connectivity index (χ0v) is 14.9. The zero-order valence-electron chi connectivity index (χ0n) is 14.9. The van der Waals surface area contributed by atoms with Crippen molar-refractivity contribution < 1.29 is 9.52 Å². The van der Waals surface area contributed by atoms with Gasteiger partial charge in [0.25, 0.3) is 0 Å². The average Bonchev–Trinajstić information content (AvgIpc) is 3.19. The van der Waals surface area contributed by atoms with Crippen molar-refractivity contribution in [2.75, 3.05) is 6.61 Å². The van der Waals surface area contributed by atoms with Crippen LogP contribution in [0.2, 0.25) is 0 Å². The molecule has 2 aromatic heterocycles. The molecule has 0 radical (unpaired) electrons. The van der Waals surface area contributed by atoms with Gasteiger partial charge in [0.15, 0.2) is 0 Å². The molecule has 3 rings (SSSR count). The van der Waals surface area contributed by atoms with Crippen LogP contribution in [0.3, 0.4) is 0 Å². The van der Waals surface area contributed by atoms with Crippen LogP contribution in [0.1, 0.15) is 54.6 Å². The number of aromatic nitrogens is 2. The van der Waals surface area contributed by atoms with E-state index in [4.69, 9.17) is 4.42 Å². The molecule has 1 aliphatic rings. The van der Waals surface area contributed by atoms with E-state index in [-0.39, 0.29) is 6.61 Å². The van der Waals surface area contributed by atoms with E-state index in [0.29, 0.717) is 12.6 Å². The molecule has 1 aliphatic carbocycles. The molecule has 0 amide bonds. The number of hydrogen-bond acceptors (Lipinski definition) is 4. The lowest BCUT2D eigenvalue weighted by Crippen LogP contribution is -2.36. The van der Waals surface area contributed by atoms with Crippen molar-refractivity contribution in [1.82, 2.24) is 14.7 Å². The van der Waals surface area contributed by atoms with E-state index >= 15 is 0 Å². The van der Waals surface area contributed by atoms with Gasteiger partial charge in [-0.15, -0.1) is 0 Å². The minimum Gasteiger partial charge on any atom is -0.472 e. The Bertz CT molecular complexity index is 627. The van der Waals surface area contributed by atoms with Gasteiger partial charge in [-0.25, -0.2) is 0 Å². The van der Waals surface area contributed by atoms with Gasteiger partial charge in [0.2, 0.25) is 0 Å². The van der Waals surface area contributed by atoms with Crippen LogP contribution in [0.15, 0.2) is 23.0 Å². The molecule has 1 saturated carbocycles. The quantitative estimate of drug-likeness (QED) is 0.844. The highest BCUT2D eigenvalue weighted by Gasteiger charge is 2.24. The molecule has 0 aromatic carbocycles. The van der Waals surface area contributed by atoms with E-state index < -0.39 is 0 Å². The van der Waals surface area contributed by atoms with Crippen molar-refractivity contribution in [3.63, 3.8) is 0 Å². The smallest absolute Gasteiger partial charge is 0.0947 e. The van der Waals surface area contributed by atoms with E-state index in [0.717, 1.165) is 18.8 Å². The standard InChI is InChI=1S/C19H29N3O2/c1-15-19(16(2)22(20-15)9-10-23)13-21(12-17-8-11-24-14-17)18-6-4-3-5-7-18/h8,11,14,18,23H,3-7,9-10,12-13H2,1-2H3. The van der Waals surface area contributed by atoms with Gasteiger partial charge < -0.3 is 9.52 Å². The van der Waals surface area contributed by atoms with Crippen LogP contribution in [-0.4, -0.2) is 32.4 Å². The fourth-order valence-corrected chi connectivity index (χ4v) is 3.86. The van der Waals surface area contributed by atoms with E-state index in [1.165, 1.54) is 48.9 Å². The van der Waals surface area contributed by atoms with Crippen molar-refractivity contribution >= 4 is 0 Å². The lowest BCUT2D eigenvalue weighted by molar-refractivity contribution is 0.139. The first-order valence-corrected chi connectivity index (χ1v) is 9.08. The maximum Gasteiger partial charge on any atom is 0.0947 e. The molecule has 1 N–H and O–H groups in total. The van der Waals surface area contributed by atoms with Crippen LogP contribution in [0.4, 0.5) is 0 Å². The van der Waals surface area contributed by atoms with Crippen molar-refractivity contribution in [1.29, 1.82) is 0 Å². The lowest BCUT2D eigenvalue weighted by atomic mass is 9.93. The number of aliphatic hydroxyl groups is 1. The molecule has 0 atom stereocenters. The third kappa shape index (κ3) is 3.90. The van der Waals surface area contributed by atoms with Gasteiger partial charge in [-0.2, -0.15) is 5.10 Å². The highest BCUT2D eigenvalue weighted by Crippen LogP contribution is 2.27. The van der Waals surface area contributed by atoms with Gasteiger partial charge >= 0.3 is 0 Å². The topological polar surface area (TPSA) is 54.4 Å². The Balaban J connectivity index is 1.80. The molecule has 0 bridgehead atoms. The van der Waals surface area contributed by atoms with Crippen molar-refractivity contribution in [2.45, 2.75) is 71.6 Å². The van der Waals surface area contributed by atoms with Gasteiger partial charge in [0, 0.05) is 36.0 Å². The van der Waals surface area contributed by atoms with Crippen LogP contribution in [0.5, 0.6) is 0 Å². The Morgan fingerprint density at radius 3 is 2.71 bits per heavy atom. The maximum absolute atomic E-state index is 9.22. The molecule has 24 heavy (non-hydrogen) atoms.